The molecule has 0 saturated heterocycles. The molecule has 1 aliphatic rings. The normalized spacial score (nSPS) is 22.9. The number of nitrogens with one attached hydrogen (secondary N) is 2. The van der Waals surface area contributed by atoms with Gasteiger partial charge in [-0.15, -0.1) is 11.6 Å². The van der Waals surface area contributed by atoms with Crippen LogP contribution in [0.5, 0.6) is 0 Å². The third-order valence-corrected chi connectivity index (χ3v) is 4.34. The van der Waals surface area contributed by atoms with Crippen molar-refractivity contribution in [1.82, 2.24) is 10.3 Å². The summed E-state index contributed by atoms with van der Waals surface area (Å²) in [7, 11) is 0. The lowest BCUT2D eigenvalue weighted by atomic mass is 9.91. The van der Waals surface area contributed by atoms with E-state index in [9.17, 15) is 4.79 Å². The number of carbonyl (C=O) groups is 1. The van der Waals surface area contributed by atoms with Crippen molar-refractivity contribution in [3.63, 3.8) is 0 Å². The first-order chi connectivity index (χ1) is 9.65. The Labute approximate surface area is 123 Å². The van der Waals surface area contributed by atoms with E-state index in [0.29, 0.717) is 5.56 Å². The number of benzene rings is 1. The third-order valence-electron chi connectivity index (χ3n) is 3.88. The largest absolute Gasteiger partial charge is 0.360 e. The molecule has 4 heteroatoms. The molecule has 1 aromatic heterocycles. The van der Waals surface area contributed by atoms with Crippen LogP contribution in [-0.2, 0) is 0 Å². The number of hydrogen-bond acceptors (Lipinski definition) is 1. The number of aromatic nitrogens is 1. The molecule has 0 spiro atoms. The fourth-order valence-electron chi connectivity index (χ4n) is 2.73. The van der Waals surface area contributed by atoms with E-state index in [4.69, 9.17) is 11.6 Å². The van der Waals surface area contributed by atoms with Crippen molar-refractivity contribution in [2.45, 2.75) is 30.7 Å². The average Bonchev–Trinajstić information content (AvgIpc) is 2.86. The van der Waals surface area contributed by atoms with Crippen molar-refractivity contribution in [1.29, 1.82) is 0 Å². The summed E-state index contributed by atoms with van der Waals surface area (Å²) in [5.74, 6) is -0.0642. The van der Waals surface area contributed by atoms with Crippen LogP contribution in [0.4, 0.5) is 0 Å². The molecule has 20 heavy (non-hydrogen) atoms. The Morgan fingerprint density at radius 2 is 2.20 bits per heavy atom. The minimum absolute atomic E-state index is 0.0170. The second-order valence-electron chi connectivity index (χ2n) is 5.34. The van der Waals surface area contributed by atoms with Crippen LogP contribution in [-0.4, -0.2) is 22.3 Å². The van der Waals surface area contributed by atoms with Crippen molar-refractivity contribution in [3.05, 3.63) is 48.2 Å². The number of carbonyl (C=O) groups excluding carboxylic acids is 1. The summed E-state index contributed by atoms with van der Waals surface area (Å²) >= 11 is 6.32. The molecule has 0 radical (unpaired) electrons. The zero-order chi connectivity index (χ0) is 14.1. The number of para-hydroxylation sites is 1. The highest BCUT2D eigenvalue weighted by Gasteiger charge is 2.27. The van der Waals surface area contributed by atoms with Gasteiger partial charge >= 0.3 is 0 Å². The first kappa shape index (κ1) is 13.3. The van der Waals surface area contributed by atoms with E-state index in [1.807, 2.05) is 24.3 Å². The number of halogens is 1. The van der Waals surface area contributed by atoms with Gasteiger partial charge < -0.3 is 10.3 Å². The van der Waals surface area contributed by atoms with E-state index in [1.54, 1.807) is 6.20 Å². The summed E-state index contributed by atoms with van der Waals surface area (Å²) < 4.78 is 0. The van der Waals surface area contributed by atoms with Crippen molar-refractivity contribution >= 4 is 28.4 Å². The Morgan fingerprint density at radius 3 is 3.00 bits per heavy atom. The van der Waals surface area contributed by atoms with Gasteiger partial charge in [-0.05, 0) is 25.3 Å². The maximum atomic E-state index is 12.4. The van der Waals surface area contributed by atoms with E-state index in [0.717, 1.165) is 30.2 Å². The maximum Gasteiger partial charge on any atom is 0.253 e. The molecule has 1 fully saturated rings. The summed E-state index contributed by atoms with van der Waals surface area (Å²) in [5.41, 5.74) is 2.81. The Kier molecular flexibility index (Phi) is 3.53. The molecule has 2 unspecified atom stereocenters. The lowest BCUT2D eigenvalue weighted by Crippen LogP contribution is -2.43. The molecular weight excluding hydrogens is 272 g/mol. The van der Waals surface area contributed by atoms with Crippen LogP contribution >= 0.6 is 11.6 Å². The van der Waals surface area contributed by atoms with Gasteiger partial charge in [0.2, 0.25) is 0 Å². The Bertz CT molecular complexity index is 661. The Hall–Kier alpha value is -1.74. The number of rotatable bonds is 2. The van der Waals surface area contributed by atoms with Crippen LogP contribution in [0, 0.1) is 0 Å². The van der Waals surface area contributed by atoms with Gasteiger partial charge in [0.05, 0.1) is 10.9 Å². The molecule has 1 aromatic carbocycles. The number of H-pyrrole nitrogens is 1. The summed E-state index contributed by atoms with van der Waals surface area (Å²) in [4.78, 5) is 15.5. The highest BCUT2D eigenvalue weighted by Crippen LogP contribution is 2.27. The van der Waals surface area contributed by atoms with Gasteiger partial charge in [-0.25, -0.2) is 0 Å². The first-order valence-corrected chi connectivity index (χ1v) is 7.26. The summed E-state index contributed by atoms with van der Waals surface area (Å²) in [5, 5.41) is 3.93. The van der Waals surface area contributed by atoms with Crippen molar-refractivity contribution < 1.29 is 4.79 Å². The van der Waals surface area contributed by atoms with Crippen molar-refractivity contribution in [2.75, 3.05) is 0 Å². The number of allylic oxidation sites excluding steroid dienone is 1. The molecule has 1 aliphatic carbocycles. The summed E-state index contributed by atoms with van der Waals surface area (Å²) in [6, 6.07) is 7.80. The fourth-order valence-corrected chi connectivity index (χ4v) is 3.14. The minimum atomic E-state index is -0.0644. The van der Waals surface area contributed by atoms with E-state index in [1.165, 1.54) is 5.57 Å². The van der Waals surface area contributed by atoms with Crippen molar-refractivity contribution in [2.24, 2.45) is 0 Å². The number of alkyl halides is 1. The maximum absolute atomic E-state index is 12.4. The average molecular weight is 289 g/mol. The molecule has 3 rings (SSSR count). The molecule has 2 aromatic rings. The number of fused-ring (bicyclic) bond motifs is 1. The standard InChI is InChI=1S/C16H17ClN2O/c1-10-6-7-15(13(17)8-10)19-16(20)12-9-18-14-5-3-2-4-11(12)14/h2-5,9,13,15,18H,1,6-8H2,(H,19,20). The zero-order valence-electron chi connectivity index (χ0n) is 11.2. The van der Waals surface area contributed by atoms with Crippen LogP contribution in [0.2, 0.25) is 0 Å². The molecule has 3 nitrogen and oxygen atoms in total. The van der Waals surface area contributed by atoms with Crippen molar-refractivity contribution in [3.8, 4) is 0 Å². The van der Waals surface area contributed by atoms with Gasteiger partial charge in [-0.2, -0.15) is 0 Å². The fraction of sp³-hybridized carbons (Fsp3) is 0.312. The Balaban J connectivity index is 1.78. The monoisotopic (exact) mass is 288 g/mol. The molecule has 2 N–H and O–H groups in total. The van der Waals surface area contributed by atoms with E-state index in [2.05, 4.69) is 16.9 Å². The summed E-state index contributed by atoms with van der Waals surface area (Å²) in [6.45, 7) is 3.97. The highest BCUT2D eigenvalue weighted by atomic mass is 35.5. The first-order valence-electron chi connectivity index (χ1n) is 6.83. The predicted molar refractivity (Wildman–Crippen MR) is 82.2 cm³/mol. The molecular formula is C16H17ClN2O. The lowest BCUT2D eigenvalue weighted by Gasteiger charge is -2.29. The van der Waals surface area contributed by atoms with Gasteiger partial charge in [0.15, 0.2) is 0 Å². The SMILES string of the molecule is C=C1CCC(NC(=O)c2c[nH]c3ccccc23)C(Cl)C1. The van der Waals surface area contributed by atoms with Crippen LogP contribution in [0.15, 0.2) is 42.6 Å². The second-order valence-corrected chi connectivity index (χ2v) is 5.90. The molecule has 1 amide bonds. The molecule has 0 aliphatic heterocycles. The van der Waals surface area contributed by atoms with E-state index in [-0.39, 0.29) is 17.3 Å². The van der Waals surface area contributed by atoms with E-state index < -0.39 is 0 Å². The Morgan fingerprint density at radius 1 is 1.40 bits per heavy atom. The van der Waals surface area contributed by atoms with Gasteiger partial charge in [-0.1, -0.05) is 30.4 Å². The molecule has 1 heterocycles. The zero-order valence-corrected chi connectivity index (χ0v) is 11.9. The number of hydrogen-bond donors (Lipinski definition) is 2. The van der Waals surface area contributed by atoms with Crippen LogP contribution in [0.1, 0.15) is 29.6 Å². The number of aromatic amines is 1. The van der Waals surface area contributed by atoms with E-state index >= 15 is 0 Å². The molecule has 104 valence electrons. The van der Waals surface area contributed by atoms with Gasteiger partial charge in [-0.3, -0.25) is 4.79 Å². The minimum Gasteiger partial charge on any atom is -0.360 e. The van der Waals surface area contributed by atoms with Crippen LogP contribution in [0.3, 0.4) is 0 Å². The summed E-state index contributed by atoms with van der Waals surface area (Å²) in [6.07, 6.45) is 4.33. The molecule has 0 bridgehead atoms. The van der Waals surface area contributed by atoms with Crippen LogP contribution < -0.4 is 5.32 Å². The number of amides is 1. The van der Waals surface area contributed by atoms with Crippen LogP contribution in [0.25, 0.3) is 10.9 Å². The van der Waals surface area contributed by atoms with Gasteiger partial charge in [0.1, 0.15) is 0 Å². The molecule has 1 saturated carbocycles. The quantitative estimate of drug-likeness (QED) is 0.643. The predicted octanol–water partition coefficient (Wildman–Crippen LogP) is 3.61. The topological polar surface area (TPSA) is 44.9 Å². The highest BCUT2D eigenvalue weighted by molar-refractivity contribution is 6.21. The smallest absolute Gasteiger partial charge is 0.253 e. The van der Waals surface area contributed by atoms with Gasteiger partial charge in [0, 0.05) is 23.1 Å². The lowest BCUT2D eigenvalue weighted by molar-refractivity contribution is 0.0933. The van der Waals surface area contributed by atoms with Gasteiger partial charge in [0.25, 0.3) is 5.91 Å². The molecule has 2 atom stereocenters. The second kappa shape index (κ2) is 5.33. The third kappa shape index (κ3) is 2.46.